The molecule has 1 aromatic rings. The summed E-state index contributed by atoms with van der Waals surface area (Å²) in [7, 11) is -2.71. The Bertz CT molecular complexity index is 725. The van der Waals surface area contributed by atoms with E-state index in [1.807, 2.05) is 0 Å². The molecule has 7 nitrogen and oxygen atoms in total. The molecule has 2 aliphatic heterocycles. The molecule has 3 rings (SSSR count). The molecule has 0 aromatic carbocycles. The maximum absolute atomic E-state index is 12.9. The zero-order valence-electron chi connectivity index (χ0n) is 11.8. The zero-order valence-corrected chi connectivity index (χ0v) is 13.4. The molecule has 2 fully saturated rings. The lowest BCUT2D eigenvalue weighted by Gasteiger charge is -2.22. The van der Waals surface area contributed by atoms with E-state index in [4.69, 9.17) is 0 Å². The van der Waals surface area contributed by atoms with E-state index >= 15 is 0 Å². The summed E-state index contributed by atoms with van der Waals surface area (Å²) < 4.78 is 31.7. The molecule has 3 atom stereocenters. The van der Waals surface area contributed by atoms with Gasteiger partial charge < -0.3 is 9.84 Å². The number of sulfonamides is 1. The number of hydrogen-bond acceptors (Lipinski definition) is 6. The summed E-state index contributed by atoms with van der Waals surface area (Å²) in [5.41, 5.74) is 0. The second-order valence-electron chi connectivity index (χ2n) is 5.42. The van der Waals surface area contributed by atoms with Crippen LogP contribution in [0.25, 0.3) is 0 Å². The van der Waals surface area contributed by atoms with Crippen LogP contribution in [0.1, 0.15) is 28.9 Å². The number of aliphatic carboxylic acids is 1. The van der Waals surface area contributed by atoms with Gasteiger partial charge in [0.2, 0.25) is 10.0 Å². The highest BCUT2D eigenvalue weighted by Crippen LogP contribution is 2.45. The molecule has 3 unspecified atom stereocenters. The predicted molar refractivity (Wildman–Crippen MR) is 77.2 cm³/mol. The van der Waals surface area contributed by atoms with Crippen LogP contribution in [0.5, 0.6) is 0 Å². The minimum Gasteiger partial charge on any atom is -0.481 e. The van der Waals surface area contributed by atoms with Crippen molar-refractivity contribution in [3.8, 4) is 0 Å². The summed E-state index contributed by atoms with van der Waals surface area (Å²) in [6.45, 7) is 0. The number of ether oxygens (including phenoxy) is 1. The highest BCUT2D eigenvalue weighted by Gasteiger charge is 2.55. The molecule has 0 spiro atoms. The number of hydrogen-bond donors (Lipinski definition) is 1. The van der Waals surface area contributed by atoms with Gasteiger partial charge in [0.25, 0.3) is 0 Å². The van der Waals surface area contributed by atoms with Gasteiger partial charge in [-0.2, -0.15) is 4.31 Å². The first kappa shape index (κ1) is 15.4. The number of carboxylic acids is 1. The fourth-order valence-corrected chi connectivity index (χ4v) is 6.66. The number of carbonyl (C=O) groups is 2. The van der Waals surface area contributed by atoms with E-state index < -0.39 is 33.9 Å². The van der Waals surface area contributed by atoms with Crippen LogP contribution in [-0.4, -0.2) is 49.0 Å². The fraction of sp³-hybridized carbons (Fsp3) is 0.538. The van der Waals surface area contributed by atoms with Gasteiger partial charge in [0.15, 0.2) is 0 Å². The molecule has 120 valence electrons. The van der Waals surface area contributed by atoms with Crippen LogP contribution < -0.4 is 0 Å². The van der Waals surface area contributed by atoms with E-state index in [1.54, 1.807) is 0 Å². The van der Waals surface area contributed by atoms with Crippen molar-refractivity contribution in [2.45, 2.75) is 36.2 Å². The minimum atomic E-state index is -3.90. The van der Waals surface area contributed by atoms with Gasteiger partial charge in [-0.1, -0.05) is 0 Å². The number of fused-ring (bicyclic) bond motifs is 2. The number of methoxy groups -OCH3 is 1. The van der Waals surface area contributed by atoms with Gasteiger partial charge >= 0.3 is 11.9 Å². The Kier molecular flexibility index (Phi) is 3.74. The lowest BCUT2D eigenvalue weighted by Crippen LogP contribution is -2.38. The third-order valence-corrected chi connectivity index (χ3v) is 7.39. The number of thiophene rings is 1. The van der Waals surface area contributed by atoms with Crippen molar-refractivity contribution in [3.63, 3.8) is 0 Å². The average Bonchev–Trinajstić information content (AvgIpc) is 3.19. The van der Waals surface area contributed by atoms with Gasteiger partial charge in [-0.15, -0.1) is 11.3 Å². The summed E-state index contributed by atoms with van der Waals surface area (Å²) in [4.78, 5) is 22.9. The maximum Gasteiger partial charge on any atom is 0.349 e. The van der Waals surface area contributed by atoms with E-state index in [0.29, 0.717) is 19.3 Å². The number of carboxylic acid groups (broad SMARTS) is 1. The smallest absolute Gasteiger partial charge is 0.349 e. The zero-order chi connectivity index (χ0) is 16.1. The van der Waals surface area contributed by atoms with E-state index in [0.717, 1.165) is 11.3 Å². The van der Waals surface area contributed by atoms with E-state index in [1.165, 1.54) is 22.9 Å². The fourth-order valence-electron chi connectivity index (χ4n) is 3.43. The highest BCUT2D eigenvalue weighted by atomic mass is 32.2. The topological polar surface area (TPSA) is 101 Å². The van der Waals surface area contributed by atoms with Crippen molar-refractivity contribution in [2.24, 2.45) is 5.92 Å². The first-order chi connectivity index (χ1) is 10.4. The normalized spacial score (nSPS) is 28.0. The van der Waals surface area contributed by atoms with E-state index in [-0.39, 0.29) is 15.8 Å². The first-order valence-corrected chi connectivity index (χ1v) is 9.12. The molecule has 0 amide bonds. The number of nitrogens with zero attached hydrogens (tertiary/aromatic N) is 1. The van der Waals surface area contributed by atoms with Crippen molar-refractivity contribution >= 4 is 33.3 Å². The summed E-state index contributed by atoms with van der Waals surface area (Å²) in [5.74, 6) is -2.34. The molecule has 3 heterocycles. The van der Waals surface area contributed by atoms with Gasteiger partial charge in [-0.25, -0.2) is 13.2 Å². The van der Waals surface area contributed by atoms with Crippen LogP contribution in [0, 0.1) is 5.92 Å². The van der Waals surface area contributed by atoms with Gasteiger partial charge in [0, 0.05) is 12.1 Å². The van der Waals surface area contributed by atoms with Crippen molar-refractivity contribution in [2.75, 3.05) is 7.11 Å². The molecule has 1 N–H and O–H groups in total. The van der Waals surface area contributed by atoms with Gasteiger partial charge in [-0.3, -0.25) is 4.79 Å². The van der Waals surface area contributed by atoms with Gasteiger partial charge in [0.1, 0.15) is 9.77 Å². The standard InChI is InChI=1S/C13H15NO6S2/c1-20-13(17)11-10(4-5-21-11)22(18,19)14-7-2-3-9(14)8(6-7)12(15)16/h4-5,7-9H,2-3,6H2,1H3,(H,15,16). The average molecular weight is 345 g/mol. The molecule has 0 aliphatic carbocycles. The minimum absolute atomic E-state index is 0.0284. The maximum atomic E-state index is 12.9. The van der Waals surface area contributed by atoms with Crippen LogP contribution in [0.4, 0.5) is 0 Å². The van der Waals surface area contributed by atoms with Crippen molar-refractivity contribution in [3.05, 3.63) is 16.3 Å². The van der Waals surface area contributed by atoms with Crippen molar-refractivity contribution in [1.29, 1.82) is 0 Å². The molecule has 2 bridgehead atoms. The Hall–Kier alpha value is -1.45. The summed E-state index contributed by atoms with van der Waals surface area (Å²) in [6, 6.07) is 0.541. The predicted octanol–water partition coefficient (Wildman–Crippen LogP) is 1.16. The Morgan fingerprint density at radius 3 is 2.73 bits per heavy atom. The molecule has 0 radical (unpaired) electrons. The molecule has 22 heavy (non-hydrogen) atoms. The molecular weight excluding hydrogens is 330 g/mol. The quantitative estimate of drug-likeness (QED) is 0.822. The Morgan fingerprint density at radius 1 is 1.41 bits per heavy atom. The monoisotopic (exact) mass is 345 g/mol. The summed E-state index contributed by atoms with van der Waals surface area (Å²) in [6.07, 6.45) is 1.53. The number of carbonyl (C=O) groups excluding carboxylic acids is 1. The van der Waals surface area contributed by atoms with E-state index in [9.17, 15) is 23.1 Å². The third-order valence-electron chi connectivity index (χ3n) is 4.35. The SMILES string of the molecule is COC(=O)c1sccc1S(=O)(=O)N1C2CCC1C(C(=O)O)C2. The molecule has 2 saturated heterocycles. The molecule has 0 saturated carbocycles. The highest BCUT2D eigenvalue weighted by molar-refractivity contribution is 7.89. The Morgan fingerprint density at radius 2 is 2.14 bits per heavy atom. The number of esters is 1. The largest absolute Gasteiger partial charge is 0.481 e. The van der Waals surface area contributed by atoms with Crippen LogP contribution in [0.15, 0.2) is 16.3 Å². The molecular formula is C13H15NO6S2. The summed E-state index contributed by atoms with van der Waals surface area (Å²) >= 11 is 1.00. The molecule has 1 aromatic heterocycles. The van der Waals surface area contributed by atoms with Gasteiger partial charge in [0.05, 0.1) is 13.0 Å². The van der Waals surface area contributed by atoms with E-state index in [2.05, 4.69) is 4.74 Å². The first-order valence-electron chi connectivity index (χ1n) is 6.80. The van der Waals surface area contributed by atoms with Crippen molar-refractivity contribution < 1.29 is 27.9 Å². The lowest BCUT2D eigenvalue weighted by atomic mass is 9.89. The number of rotatable bonds is 4. The van der Waals surface area contributed by atoms with Crippen LogP contribution in [-0.2, 0) is 19.6 Å². The third kappa shape index (κ3) is 2.15. The van der Waals surface area contributed by atoms with Crippen LogP contribution in [0.2, 0.25) is 0 Å². The van der Waals surface area contributed by atoms with Crippen molar-refractivity contribution in [1.82, 2.24) is 4.31 Å². The second-order valence-corrected chi connectivity index (χ2v) is 8.15. The van der Waals surface area contributed by atoms with Gasteiger partial charge in [-0.05, 0) is 30.7 Å². The summed E-state index contributed by atoms with van der Waals surface area (Å²) in [5, 5.41) is 10.8. The van der Waals surface area contributed by atoms with Crippen LogP contribution >= 0.6 is 11.3 Å². The van der Waals surface area contributed by atoms with Crippen LogP contribution in [0.3, 0.4) is 0 Å². The Labute approximate surface area is 131 Å². The molecule has 2 aliphatic rings. The second kappa shape index (κ2) is 5.32. The Balaban J connectivity index is 2.00. The lowest BCUT2D eigenvalue weighted by molar-refractivity contribution is -0.142. The molecule has 9 heteroatoms.